The van der Waals surface area contributed by atoms with Gasteiger partial charge in [-0.15, -0.1) is 0 Å². The molecule has 1 aromatic rings. The predicted octanol–water partition coefficient (Wildman–Crippen LogP) is 4.15. The summed E-state index contributed by atoms with van der Waals surface area (Å²) in [6.07, 6.45) is -1.75. The van der Waals surface area contributed by atoms with Crippen LogP contribution < -0.4 is 5.32 Å². The third-order valence-electron chi connectivity index (χ3n) is 3.52. The average molecular weight is 351 g/mol. The maximum atomic E-state index is 12.7. The molecule has 3 nitrogen and oxygen atoms in total. The van der Waals surface area contributed by atoms with Crippen LogP contribution in [0.25, 0.3) is 0 Å². The van der Waals surface area contributed by atoms with Gasteiger partial charge in [0, 0.05) is 12.1 Å². The van der Waals surface area contributed by atoms with Gasteiger partial charge in [0.25, 0.3) is 0 Å². The van der Waals surface area contributed by atoms with Gasteiger partial charge in [0.1, 0.15) is 4.60 Å². The van der Waals surface area contributed by atoms with Crippen LogP contribution in [-0.2, 0) is 4.79 Å². The molecule has 1 N–H and O–H groups in total. The summed E-state index contributed by atoms with van der Waals surface area (Å²) in [7, 11) is 0. The highest BCUT2D eigenvalue weighted by atomic mass is 79.9. The van der Waals surface area contributed by atoms with Crippen LogP contribution in [0.4, 0.5) is 18.9 Å². The molecule has 20 heavy (non-hydrogen) atoms. The molecule has 2 atom stereocenters. The highest BCUT2D eigenvalue weighted by Crippen LogP contribution is 2.40. The Morgan fingerprint density at radius 2 is 2.15 bits per heavy atom. The molecule has 1 aliphatic carbocycles. The molecule has 7 heteroatoms. The summed E-state index contributed by atoms with van der Waals surface area (Å²) in [5, 5.41) is 2.64. The minimum absolute atomic E-state index is 0.115. The van der Waals surface area contributed by atoms with Gasteiger partial charge in [-0.3, -0.25) is 4.79 Å². The molecule has 1 fully saturated rings. The van der Waals surface area contributed by atoms with E-state index in [0.29, 0.717) is 23.1 Å². The van der Waals surface area contributed by atoms with Crippen LogP contribution in [0.3, 0.4) is 0 Å². The SMILES string of the molecule is O=C(Nc1cccnc1Br)C1CCCC(C(F)(F)F)C1. The van der Waals surface area contributed by atoms with Gasteiger partial charge in [-0.1, -0.05) is 6.42 Å². The molecular weight excluding hydrogens is 337 g/mol. The van der Waals surface area contributed by atoms with Gasteiger partial charge in [-0.2, -0.15) is 13.2 Å². The molecule has 0 saturated heterocycles. The fraction of sp³-hybridized carbons (Fsp3) is 0.538. The molecule has 0 aliphatic heterocycles. The fourth-order valence-corrected chi connectivity index (χ4v) is 2.79. The Hall–Kier alpha value is -1.11. The average Bonchev–Trinajstić information content (AvgIpc) is 2.40. The molecule has 0 bridgehead atoms. The monoisotopic (exact) mass is 350 g/mol. The summed E-state index contributed by atoms with van der Waals surface area (Å²) < 4.78 is 38.6. The lowest BCUT2D eigenvalue weighted by Gasteiger charge is -2.29. The Bertz CT molecular complexity index is 493. The third kappa shape index (κ3) is 3.71. The molecule has 110 valence electrons. The number of rotatable bonds is 2. The number of anilines is 1. The van der Waals surface area contributed by atoms with Crippen LogP contribution in [0, 0.1) is 11.8 Å². The van der Waals surface area contributed by atoms with E-state index in [2.05, 4.69) is 26.2 Å². The Labute approximate surface area is 123 Å². The molecule has 1 saturated carbocycles. The molecule has 0 radical (unpaired) electrons. The van der Waals surface area contributed by atoms with Crippen LogP contribution >= 0.6 is 15.9 Å². The van der Waals surface area contributed by atoms with E-state index in [4.69, 9.17) is 0 Å². The first-order chi connectivity index (χ1) is 9.38. The quantitative estimate of drug-likeness (QED) is 0.814. The number of carbonyl (C=O) groups excluding carboxylic acids is 1. The van der Waals surface area contributed by atoms with Gasteiger partial charge in [0.05, 0.1) is 11.6 Å². The fourth-order valence-electron chi connectivity index (χ4n) is 2.44. The van der Waals surface area contributed by atoms with E-state index in [1.54, 1.807) is 18.3 Å². The van der Waals surface area contributed by atoms with E-state index in [-0.39, 0.29) is 18.7 Å². The number of pyridine rings is 1. The van der Waals surface area contributed by atoms with Crippen LogP contribution in [0.2, 0.25) is 0 Å². The smallest absolute Gasteiger partial charge is 0.324 e. The number of alkyl halides is 3. The maximum Gasteiger partial charge on any atom is 0.391 e. The molecule has 1 aromatic heterocycles. The van der Waals surface area contributed by atoms with Crippen molar-refractivity contribution in [1.82, 2.24) is 4.98 Å². The van der Waals surface area contributed by atoms with Crippen molar-refractivity contribution in [2.75, 3.05) is 5.32 Å². The molecule has 1 aliphatic rings. The standard InChI is InChI=1S/C13H14BrF3N2O/c14-11-10(5-2-6-18-11)19-12(20)8-3-1-4-9(7-8)13(15,16)17/h2,5-6,8-9H,1,3-4,7H2,(H,19,20). The maximum absolute atomic E-state index is 12.7. The predicted molar refractivity (Wildman–Crippen MR) is 72.1 cm³/mol. The van der Waals surface area contributed by atoms with E-state index in [9.17, 15) is 18.0 Å². The van der Waals surface area contributed by atoms with Crippen molar-refractivity contribution in [3.05, 3.63) is 22.9 Å². The third-order valence-corrected chi connectivity index (χ3v) is 4.16. The van der Waals surface area contributed by atoms with Crippen molar-refractivity contribution >= 4 is 27.5 Å². The first-order valence-electron chi connectivity index (χ1n) is 6.36. The first-order valence-corrected chi connectivity index (χ1v) is 7.15. The van der Waals surface area contributed by atoms with E-state index < -0.39 is 18.0 Å². The Morgan fingerprint density at radius 1 is 1.40 bits per heavy atom. The lowest BCUT2D eigenvalue weighted by molar-refractivity contribution is -0.185. The number of hydrogen-bond acceptors (Lipinski definition) is 2. The van der Waals surface area contributed by atoms with Crippen molar-refractivity contribution in [1.29, 1.82) is 0 Å². The lowest BCUT2D eigenvalue weighted by atomic mass is 9.80. The Morgan fingerprint density at radius 3 is 2.80 bits per heavy atom. The normalized spacial score (nSPS) is 23.4. The molecule has 1 heterocycles. The molecule has 0 spiro atoms. The molecule has 1 amide bonds. The van der Waals surface area contributed by atoms with E-state index in [0.717, 1.165) is 0 Å². The zero-order valence-electron chi connectivity index (χ0n) is 10.6. The van der Waals surface area contributed by atoms with Crippen LogP contribution in [0.5, 0.6) is 0 Å². The largest absolute Gasteiger partial charge is 0.391 e. The van der Waals surface area contributed by atoms with E-state index in [1.807, 2.05) is 0 Å². The molecule has 2 rings (SSSR count). The lowest BCUT2D eigenvalue weighted by Crippen LogP contribution is -2.34. The zero-order chi connectivity index (χ0) is 14.8. The van der Waals surface area contributed by atoms with Crippen molar-refractivity contribution < 1.29 is 18.0 Å². The second kappa shape index (κ2) is 6.11. The summed E-state index contributed by atoms with van der Waals surface area (Å²) in [5.41, 5.74) is 0.478. The van der Waals surface area contributed by atoms with Gasteiger partial charge in [-0.25, -0.2) is 4.98 Å². The number of amides is 1. The molecular formula is C13H14BrF3N2O. The number of halogens is 4. The number of carbonyl (C=O) groups is 1. The number of aromatic nitrogens is 1. The minimum Gasteiger partial charge on any atom is -0.324 e. The summed E-state index contributed by atoms with van der Waals surface area (Å²) in [4.78, 5) is 16.0. The van der Waals surface area contributed by atoms with Gasteiger partial charge >= 0.3 is 6.18 Å². The minimum atomic E-state index is -4.21. The van der Waals surface area contributed by atoms with Crippen molar-refractivity contribution in [3.63, 3.8) is 0 Å². The van der Waals surface area contributed by atoms with Gasteiger partial charge < -0.3 is 5.32 Å². The van der Waals surface area contributed by atoms with Crippen LogP contribution in [0.1, 0.15) is 25.7 Å². The van der Waals surface area contributed by atoms with E-state index >= 15 is 0 Å². The van der Waals surface area contributed by atoms with Gasteiger partial charge in [0.2, 0.25) is 5.91 Å². The Kier molecular flexibility index (Phi) is 4.67. The van der Waals surface area contributed by atoms with Crippen LogP contribution in [-0.4, -0.2) is 17.1 Å². The number of nitrogens with one attached hydrogen (secondary N) is 1. The first kappa shape index (κ1) is 15.3. The summed E-state index contributed by atoms with van der Waals surface area (Å²) in [5.74, 6) is -2.33. The molecule has 2 unspecified atom stereocenters. The van der Waals surface area contributed by atoms with Gasteiger partial charge in [0.15, 0.2) is 0 Å². The highest BCUT2D eigenvalue weighted by Gasteiger charge is 2.43. The Balaban J connectivity index is 2.01. The van der Waals surface area contributed by atoms with E-state index in [1.165, 1.54) is 0 Å². The zero-order valence-corrected chi connectivity index (χ0v) is 12.2. The second-order valence-corrected chi connectivity index (χ2v) is 5.68. The highest BCUT2D eigenvalue weighted by molar-refractivity contribution is 9.10. The second-order valence-electron chi connectivity index (χ2n) is 4.93. The number of nitrogens with zero attached hydrogens (tertiary/aromatic N) is 1. The topological polar surface area (TPSA) is 42.0 Å². The van der Waals surface area contributed by atoms with Crippen LogP contribution in [0.15, 0.2) is 22.9 Å². The van der Waals surface area contributed by atoms with Crippen molar-refractivity contribution in [2.45, 2.75) is 31.9 Å². The summed E-state index contributed by atoms with van der Waals surface area (Å²) >= 11 is 3.19. The number of hydrogen-bond donors (Lipinski definition) is 1. The van der Waals surface area contributed by atoms with Crippen molar-refractivity contribution in [3.8, 4) is 0 Å². The van der Waals surface area contributed by atoms with Crippen molar-refractivity contribution in [2.24, 2.45) is 11.8 Å². The molecule has 0 aromatic carbocycles. The summed E-state index contributed by atoms with van der Waals surface area (Å²) in [6.45, 7) is 0. The van der Waals surface area contributed by atoms with Gasteiger partial charge in [-0.05, 0) is 47.3 Å². The summed E-state index contributed by atoms with van der Waals surface area (Å²) in [6, 6.07) is 3.30.